The van der Waals surface area contributed by atoms with Gasteiger partial charge in [0.25, 0.3) is 5.91 Å². The van der Waals surface area contributed by atoms with Crippen LogP contribution in [0.1, 0.15) is 22.0 Å². The lowest BCUT2D eigenvalue weighted by molar-refractivity contribution is 0.0997. The number of carbonyl (C=O) groups is 1. The molecular formula is C15H16FN3O. The average Bonchev–Trinajstić information content (AvgIpc) is 2.45. The molecule has 0 aliphatic rings. The van der Waals surface area contributed by atoms with Gasteiger partial charge in [0.15, 0.2) is 0 Å². The SMILES string of the molecule is NC(=O)c1c(F)cccc1NCC(N)c1ccccc1. The topological polar surface area (TPSA) is 81.1 Å². The highest BCUT2D eigenvalue weighted by molar-refractivity contribution is 5.98. The van der Waals surface area contributed by atoms with Crippen molar-refractivity contribution in [1.82, 2.24) is 0 Å². The largest absolute Gasteiger partial charge is 0.382 e. The van der Waals surface area contributed by atoms with Crippen molar-refractivity contribution in [3.63, 3.8) is 0 Å². The molecule has 1 amide bonds. The zero-order valence-electron chi connectivity index (χ0n) is 10.8. The summed E-state index contributed by atoms with van der Waals surface area (Å²) in [5, 5.41) is 2.97. The van der Waals surface area contributed by atoms with Crippen molar-refractivity contribution in [1.29, 1.82) is 0 Å². The number of primary amides is 1. The van der Waals surface area contributed by atoms with Crippen molar-refractivity contribution in [2.24, 2.45) is 11.5 Å². The van der Waals surface area contributed by atoms with Gasteiger partial charge in [-0.2, -0.15) is 0 Å². The fourth-order valence-corrected chi connectivity index (χ4v) is 1.96. The van der Waals surface area contributed by atoms with Crippen LogP contribution in [0.2, 0.25) is 0 Å². The van der Waals surface area contributed by atoms with Crippen LogP contribution in [0.4, 0.5) is 10.1 Å². The van der Waals surface area contributed by atoms with Crippen LogP contribution in [0.5, 0.6) is 0 Å². The van der Waals surface area contributed by atoms with Gasteiger partial charge in [0.05, 0.1) is 5.56 Å². The predicted molar refractivity (Wildman–Crippen MR) is 76.8 cm³/mol. The summed E-state index contributed by atoms with van der Waals surface area (Å²) in [6, 6.07) is 13.6. The van der Waals surface area contributed by atoms with Crippen molar-refractivity contribution in [2.45, 2.75) is 6.04 Å². The zero-order valence-corrected chi connectivity index (χ0v) is 10.8. The van der Waals surface area contributed by atoms with Gasteiger partial charge >= 0.3 is 0 Å². The third-order valence-electron chi connectivity index (χ3n) is 3.00. The molecule has 1 unspecified atom stereocenters. The highest BCUT2D eigenvalue weighted by Crippen LogP contribution is 2.19. The number of hydrogen-bond acceptors (Lipinski definition) is 3. The molecule has 0 fully saturated rings. The molecule has 5 N–H and O–H groups in total. The third-order valence-corrected chi connectivity index (χ3v) is 3.00. The highest BCUT2D eigenvalue weighted by atomic mass is 19.1. The maximum Gasteiger partial charge on any atom is 0.253 e. The molecule has 0 saturated carbocycles. The molecule has 20 heavy (non-hydrogen) atoms. The van der Waals surface area contributed by atoms with Gasteiger partial charge in [0.1, 0.15) is 5.82 Å². The van der Waals surface area contributed by atoms with Gasteiger partial charge in [0, 0.05) is 18.3 Å². The van der Waals surface area contributed by atoms with E-state index in [0.29, 0.717) is 12.2 Å². The van der Waals surface area contributed by atoms with Crippen LogP contribution in [-0.4, -0.2) is 12.5 Å². The Labute approximate surface area is 116 Å². The van der Waals surface area contributed by atoms with Crippen molar-refractivity contribution < 1.29 is 9.18 Å². The van der Waals surface area contributed by atoms with Gasteiger partial charge < -0.3 is 16.8 Å². The second-order valence-electron chi connectivity index (χ2n) is 4.42. The van der Waals surface area contributed by atoms with Crippen LogP contribution in [0.15, 0.2) is 48.5 Å². The first-order chi connectivity index (χ1) is 9.59. The number of nitrogens with one attached hydrogen (secondary N) is 1. The lowest BCUT2D eigenvalue weighted by Crippen LogP contribution is -2.23. The van der Waals surface area contributed by atoms with Crippen molar-refractivity contribution in [3.05, 3.63) is 65.5 Å². The molecule has 0 aliphatic carbocycles. The Balaban J connectivity index is 2.12. The van der Waals surface area contributed by atoms with E-state index in [1.165, 1.54) is 12.1 Å². The summed E-state index contributed by atoms with van der Waals surface area (Å²) < 4.78 is 13.6. The number of nitrogens with two attached hydrogens (primary N) is 2. The third kappa shape index (κ3) is 3.13. The molecule has 2 aromatic rings. The Kier molecular flexibility index (Phi) is 4.32. The molecule has 104 valence electrons. The number of hydrogen-bond donors (Lipinski definition) is 3. The first-order valence-corrected chi connectivity index (χ1v) is 6.22. The van der Waals surface area contributed by atoms with Crippen LogP contribution in [0.25, 0.3) is 0 Å². The van der Waals surface area contributed by atoms with Crippen molar-refractivity contribution in [2.75, 3.05) is 11.9 Å². The summed E-state index contributed by atoms with van der Waals surface area (Å²) in [6.45, 7) is 0.369. The molecule has 5 heteroatoms. The second kappa shape index (κ2) is 6.16. The molecule has 2 rings (SSSR count). The maximum atomic E-state index is 13.6. The molecule has 0 aliphatic heterocycles. The fraction of sp³-hybridized carbons (Fsp3) is 0.133. The smallest absolute Gasteiger partial charge is 0.253 e. The average molecular weight is 273 g/mol. The Hall–Kier alpha value is -2.40. The van der Waals surface area contributed by atoms with Gasteiger partial charge in [-0.25, -0.2) is 4.39 Å². The minimum atomic E-state index is -0.807. The van der Waals surface area contributed by atoms with E-state index in [1.54, 1.807) is 6.07 Å². The maximum absolute atomic E-state index is 13.6. The van der Waals surface area contributed by atoms with Gasteiger partial charge in [-0.1, -0.05) is 36.4 Å². The Bertz CT molecular complexity index is 601. The quantitative estimate of drug-likeness (QED) is 0.779. The first-order valence-electron chi connectivity index (χ1n) is 6.22. The summed E-state index contributed by atoms with van der Waals surface area (Å²) in [7, 11) is 0. The Morgan fingerprint density at radius 2 is 1.85 bits per heavy atom. The molecular weight excluding hydrogens is 257 g/mol. The van der Waals surface area contributed by atoms with Gasteiger partial charge in [-0.15, -0.1) is 0 Å². The van der Waals surface area contributed by atoms with E-state index >= 15 is 0 Å². The van der Waals surface area contributed by atoms with Crippen molar-refractivity contribution in [3.8, 4) is 0 Å². The van der Waals surface area contributed by atoms with Crippen molar-refractivity contribution >= 4 is 11.6 Å². The van der Waals surface area contributed by atoms with E-state index in [1.807, 2.05) is 30.3 Å². The number of amides is 1. The number of rotatable bonds is 5. The van der Waals surface area contributed by atoms with E-state index in [0.717, 1.165) is 5.56 Å². The number of benzene rings is 2. The van der Waals surface area contributed by atoms with Crippen LogP contribution in [0, 0.1) is 5.82 Å². The molecule has 0 heterocycles. The van der Waals surface area contributed by atoms with Crippen LogP contribution < -0.4 is 16.8 Å². The number of carbonyl (C=O) groups excluding carboxylic acids is 1. The van der Waals surface area contributed by atoms with E-state index in [4.69, 9.17) is 11.5 Å². The molecule has 4 nitrogen and oxygen atoms in total. The van der Waals surface area contributed by atoms with Crippen LogP contribution in [0.3, 0.4) is 0 Å². The summed E-state index contributed by atoms with van der Waals surface area (Å²) >= 11 is 0. The lowest BCUT2D eigenvalue weighted by Gasteiger charge is -2.16. The standard InChI is InChI=1S/C15H16FN3O/c16-11-7-4-8-13(14(11)15(18)20)19-9-12(17)10-5-2-1-3-6-10/h1-8,12,19H,9,17H2,(H2,18,20). The first kappa shape index (κ1) is 14.0. The summed E-state index contributed by atoms with van der Waals surface area (Å²) in [5.74, 6) is -1.45. The normalized spacial score (nSPS) is 11.9. The summed E-state index contributed by atoms with van der Waals surface area (Å²) in [5.41, 5.74) is 12.4. The predicted octanol–water partition coefficient (Wildman–Crippen LogP) is 2.04. The molecule has 0 radical (unpaired) electrons. The summed E-state index contributed by atoms with van der Waals surface area (Å²) in [4.78, 5) is 11.3. The van der Waals surface area contributed by atoms with E-state index in [-0.39, 0.29) is 11.6 Å². The van der Waals surface area contributed by atoms with Gasteiger partial charge in [0.2, 0.25) is 0 Å². The lowest BCUT2D eigenvalue weighted by atomic mass is 10.1. The van der Waals surface area contributed by atoms with Gasteiger partial charge in [-0.05, 0) is 17.7 Å². The monoisotopic (exact) mass is 273 g/mol. The van der Waals surface area contributed by atoms with E-state index < -0.39 is 11.7 Å². The van der Waals surface area contributed by atoms with E-state index in [2.05, 4.69) is 5.32 Å². The zero-order chi connectivity index (χ0) is 14.5. The number of halogens is 1. The minimum Gasteiger partial charge on any atom is -0.382 e. The molecule has 0 aromatic heterocycles. The van der Waals surface area contributed by atoms with E-state index in [9.17, 15) is 9.18 Å². The fourth-order valence-electron chi connectivity index (χ4n) is 1.96. The molecule has 0 bridgehead atoms. The summed E-state index contributed by atoms with van der Waals surface area (Å²) in [6.07, 6.45) is 0. The number of anilines is 1. The van der Waals surface area contributed by atoms with Gasteiger partial charge in [-0.3, -0.25) is 4.79 Å². The molecule has 2 aromatic carbocycles. The highest BCUT2D eigenvalue weighted by Gasteiger charge is 2.14. The molecule has 0 spiro atoms. The Morgan fingerprint density at radius 1 is 1.15 bits per heavy atom. The molecule has 0 saturated heterocycles. The second-order valence-corrected chi connectivity index (χ2v) is 4.42. The van der Waals surface area contributed by atoms with Crippen LogP contribution in [-0.2, 0) is 0 Å². The molecule has 1 atom stereocenters. The minimum absolute atomic E-state index is 0.146. The Morgan fingerprint density at radius 3 is 2.50 bits per heavy atom. The van der Waals surface area contributed by atoms with Crippen LogP contribution >= 0.6 is 0 Å².